The molecule has 4 amide bonds. The first kappa shape index (κ1) is 28.2. The maximum Gasteiger partial charge on any atom is 0.326 e. The van der Waals surface area contributed by atoms with Crippen LogP contribution < -0.4 is 27.4 Å². The second-order valence-corrected chi connectivity index (χ2v) is 6.85. The van der Waals surface area contributed by atoms with Crippen LogP contribution in [0.25, 0.3) is 0 Å². The Morgan fingerprint density at radius 3 is 1.62 bits per heavy atom. The van der Waals surface area contributed by atoms with Crippen molar-refractivity contribution in [1.82, 2.24) is 16.0 Å². The van der Waals surface area contributed by atoms with Gasteiger partial charge in [0.05, 0.1) is 12.5 Å². The Morgan fingerprint density at radius 2 is 1.19 bits per heavy atom. The second kappa shape index (κ2) is 13.5. The average molecular weight is 461 g/mol. The Hall–Kier alpha value is -3.75. The number of carbonyl (C=O) groups excluding carboxylic acids is 4. The second-order valence-electron chi connectivity index (χ2n) is 6.85. The molecule has 0 radical (unpaired) electrons. The van der Waals surface area contributed by atoms with Crippen LogP contribution in [-0.2, 0) is 33.6 Å². The number of hydrogen-bond donors (Lipinski definition) is 8. The van der Waals surface area contributed by atoms with Gasteiger partial charge in [-0.05, 0) is 19.8 Å². The fraction of sp³-hybridized carbons (Fsp3) is 0.588. The highest BCUT2D eigenvalue weighted by Gasteiger charge is 2.31. The molecule has 0 fully saturated rings. The zero-order chi connectivity index (χ0) is 25.0. The highest BCUT2D eigenvalue weighted by atomic mass is 16.4. The highest BCUT2D eigenvalue weighted by molar-refractivity contribution is 5.95. The molecule has 32 heavy (non-hydrogen) atoms. The fourth-order valence-electron chi connectivity index (χ4n) is 2.31. The Bertz CT molecular complexity index is 754. The minimum absolute atomic E-state index is 0.376. The molecular formula is C17H27N5O10. The Kier molecular flexibility index (Phi) is 11.9. The first-order valence-electron chi connectivity index (χ1n) is 9.36. The van der Waals surface area contributed by atoms with E-state index in [2.05, 4.69) is 10.6 Å². The number of rotatable bonds is 15. The molecule has 0 saturated carbocycles. The van der Waals surface area contributed by atoms with Crippen LogP contribution in [0.1, 0.15) is 39.0 Å². The summed E-state index contributed by atoms with van der Waals surface area (Å²) in [6.45, 7) is 1.29. The van der Waals surface area contributed by atoms with Gasteiger partial charge in [-0.1, -0.05) is 0 Å². The lowest BCUT2D eigenvalue weighted by Gasteiger charge is -2.24. The van der Waals surface area contributed by atoms with E-state index in [0.717, 1.165) is 0 Å². The van der Waals surface area contributed by atoms with Gasteiger partial charge < -0.3 is 42.7 Å². The number of hydrogen-bond acceptors (Lipinski definition) is 8. The standard InChI is InChI=1S/C17H27N5O10/c1-7(18)14(28)22-10(6-13(26)27)16(30)20-8(2-4-11(19)23)15(29)21-9(17(31)32)3-5-12(24)25/h7-10H,2-6,18H2,1H3,(H2,19,23)(H,20,30)(H,21,29)(H,22,28)(H,24,25)(H,26,27)(H,31,32). The molecule has 0 bridgehead atoms. The number of nitrogens with one attached hydrogen (secondary N) is 3. The summed E-state index contributed by atoms with van der Waals surface area (Å²) in [6, 6.07) is -5.85. The molecule has 0 aliphatic carbocycles. The minimum atomic E-state index is -1.63. The SMILES string of the molecule is CC(N)C(=O)NC(CC(=O)O)C(=O)NC(CCC(N)=O)C(=O)NC(CCC(=O)O)C(=O)O. The average Bonchev–Trinajstić information content (AvgIpc) is 2.66. The van der Waals surface area contributed by atoms with Gasteiger partial charge >= 0.3 is 17.9 Å². The van der Waals surface area contributed by atoms with E-state index in [9.17, 15) is 33.6 Å². The molecule has 0 spiro atoms. The summed E-state index contributed by atoms with van der Waals surface area (Å²) in [7, 11) is 0. The molecule has 0 aromatic heterocycles. The first-order chi connectivity index (χ1) is 14.7. The summed E-state index contributed by atoms with van der Waals surface area (Å²) in [5.74, 6) is -8.16. The van der Waals surface area contributed by atoms with Gasteiger partial charge in [-0.25, -0.2) is 4.79 Å². The lowest BCUT2D eigenvalue weighted by molar-refractivity contribution is -0.144. The number of primary amides is 1. The van der Waals surface area contributed by atoms with E-state index < -0.39 is 91.4 Å². The molecule has 0 aliphatic heterocycles. The molecule has 0 aromatic rings. The van der Waals surface area contributed by atoms with E-state index in [4.69, 9.17) is 26.8 Å². The molecular weight excluding hydrogens is 434 g/mol. The zero-order valence-corrected chi connectivity index (χ0v) is 17.2. The van der Waals surface area contributed by atoms with E-state index in [1.54, 1.807) is 0 Å². The number of carboxylic acids is 3. The predicted octanol–water partition coefficient (Wildman–Crippen LogP) is -3.52. The molecule has 180 valence electrons. The third kappa shape index (κ3) is 11.4. The predicted molar refractivity (Wildman–Crippen MR) is 105 cm³/mol. The van der Waals surface area contributed by atoms with Crippen molar-refractivity contribution in [1.29, 1.82) is 0 Å². The fourth-order valence-corrected chi connectivity index (χ4v) is 2.31. The molecule has 0 heterocycles. The smallest absolute Gasteiger partial charge is 0.326 e. The van der Waals surface area contributed by atoms with Gasteiger partial charge in [0.15, 0.2) is 0 Å². The number of nitrogens with two attached hydrogens (primary N) is 2. The Labute approximate surface area is 181 Å². The van der Waals surface area contributed by atoms with Crippen molar-refractivity contribution in [3.05, 3.63) is 0 Å². The number of amides is 4. The summed E-state index contributed by atoms with van der Waals surface area (Å²) >= 11 is 0. The summed E-state index contributed by atoms with van der Waals surface area (Å²) in [4.78, 5) is 80.8. The van der Waals surface area contributed by atoms with Gasteiger partial charge in [0.2, 0.25) is 23.6 Å². The minimum Gasteiger partial charge on any atom is -0.481 e. The van der Waals surface area contributed by atoms with Gasteiger partial charge in [0, 0.05) is 12.8 Å². The van der Waals surface area contributed by atoms with Gasteiger partial charge in [0.1, 0.15) is 18.1 Å². The number of aliphatic carboxylic acids is 3. The molecule has 15 nitrogen and oxygen atoms in total. The summed E-state index contributed by atoms with van der Waals surface area (Å²) in [5.41, 5.74) is 10.4. The quantitative estimate of drug-likeness (QED) is 0.118. The van der Waals surface area contributed by atoms with Crippen LogP contribution in [0.5, 0.6) is 0 Å². The van der Waals surface area contributed by atoms with Crippen molar-refractivity contribution in [2.45, 2.75) is 63.2 Å². The van der Waals surface area contributed by atoms with Crippen LogP contribution in [0.15, 0.2) is 0 Å². The molecule has 0 rings (SSSR count). The number of carboxylic acid groups (broad SMARTS) is 3. The van der Waals surface area contributed by atoms with Crippen molar-refractivity contribution in [2.75, 3.05) is 0 Å². The number of carbonyl (C=O) groups is 7. The van der Waals surface area contributed by atoms with Crippen molar-refractivity contribution in [3.63, 3.8) is 0 Å². The van der Waals surface area contributed by atoms with Crippen LogP contribution >= 0.6 is 0 Å². The van der Waals surface area contributed by atoms with E-state index in [1.807, 2.05) is 5.32 Å². The first-order valence-corrected chi connectivity index (χ1v) is 9.36. The van der Waals surface area contributed by atoms with Gasteiger partial charge in [-0.2, -0.15) is 0 Å². The largest absolute Gasteiger partial charge is 0.481 e. The molecule has 4 unspecified atom stereocenters. The Morgan fingerprint density at radius 1 is 0.719 bits per heavy atom. The van der Waals surface area contributed by atoms with Gasteiger partial charge in [-0.3, -0.25) is 28.8 Å². The van der Waals surface area contributed by atoms with Crippen LogP contribution in [0.4, 0.5) is 0 Å². The van der Waals surface area contributed by atoms with Crippen molar-refractivity contribution >= 4 is 41.5 Å². The van der Waals surface area contributed by atoms with Crippen molar-refractivity contribution in [3.8, 4) is 0 Å². The van der Waals surface area contributed by atoms with Gasteiger partial charge in [0.25, 0.3) is 0 Å². The summed E-state index contributed by atoms with van der Waals surface area (Å²) < 4.78 is 0. The molecule has 0 aliphatic rings. The van der Waals surface area contributed by atoms with Crippen LogP contribution in [0.2, 0.25) is 0 Å². The van der Waals surface area contributed by atoms with Crippen LogP contribution in [0.3, 0.4) is 0 Å². The summed E-state index contributed by atoms with van der Waals surface area (Å²) in [5, 5.41) is 33.1. The normalized spacial score (nSPS) is 14.2. The zero-order valence-electron chi connectivity index (χ0n) is 17.2. The summed E-state index contributed by atoms with van der Waals surface area (Å²) in [6.07, 6.45) is -2.66. The van der Waals surface area contributed by atoms with E-state index in [0.29, 0.717) is 0 Å². The monoisotopic (exact) mass is 461 g/mol. The van der Waals surface area contributed by atoms with E-state index in [-0.39, 0.29) is 6.42 Å². The maximum atomic E-state index is 12.5. The third-order valence-corrected chi connectivity index (χ3v) is 4.00. The molecule has 0 aromatic carbocycles. The lowest BCUT2D eigenvalue weighted by Crippen LogP contribution is -2.57. The molecule has 15 heteroatoms. The Balaban J connectivity index is 5.52. The van der Waals surface area contributed by atoms with E-state index in [1.165, 1.54) is 6.92 Å². The lowest BCUT2D eigenvalue weighted by atomic mass is 10.1. The van der Waals surface area contributed by atoms with Crippen LogP contribution in [0, 0.1) is 0 Å². The van der Waals surface area contributed by atoms with Crippen molar-refractivity contribution in [2.24, 2.45) is 11.5 Å². The highest BCUT2D eigenvalue weighted by Crippen LogP contribution is 2.04. The molecule has 4 atom stereocenters. The van der Waals surface area contributed by atoms with Crippen LogP contribution in [-0.4, -0.2) is 81.0 Å². The molecule has 0 saturated heterocycles. The molecule has 10 N–H and O–H groups in total. The van der Waals surface area contributed by atoms with E-state index >= 15 is 0 Å². The maximum absolute atomic E-state index is 12.5. The topological polar surface area (TPSA) is 268 Å². The van der Waals surface area contributed by atoms with Gasteiger partial charge in [-0.15, -0.1) is 0 Å². The third-order valence-electron chi connectivity index (χ3n) is 4.00. The van der Waals surface area contributed by atoms with Crippen molar-refractivity contribution < 1.29 is 48.9 Å².